The number of anilines is 1. The Balaban J connectivity index is 2.11. The van der Waals surface area contributed by atoms with E-state index in [1.54, 1.807) is 6.20 Å². The molecule has 0 saturated carbocycles. The predicted octanol–water partition coefficient (Wildman–Crippen LogP) is 1.73. The lowest BCUT2D eigenvalue weighted by molar-refractivity contribution is -0.117. The van der Waals surface area contributed by atoms with Gasteiger partial charge in [-0.2, -0.15) is 0 Å². The van der Waals surface area contributed by atoms with Gasteiger partial charge in [0, 0.05) is 6.20 Å². The van der Waals surface area contributed by atoms with E-state index in [-0.39, 0.29) is 11.9 Å². The smallest absolute Gasteiger partial charge is 0.241 e. The van der Waals surface area contributed by atoms with Gasteiger partial charge < -0.3 is 10.6 Å². The molecule has 1 unspecified atom stereocenters. The summed E-state index contributed by atoms with van der Waals surface area (Å²) in [5, 5.41) is 6.30. The number of carbonyl (C=O) groups is 1. The second-order valence-corrected chi connectivity index (χ2v) is 4.29. The number of rotatable bonds is 2. The van der Waals surface area contributed by atoms with Gasteiger partial charge in [0.25, 0.3) is 0 Å². The molecule has 0 aliphatic carbocycles. The Hall–Kier alpha value is -1.13. The van der Waals surface area contributed by atoms with Crippen LogP contribution in [0.4, 0.5) is 5.69 Å². The highest BCUT2D eigenvalue weighted by atomic mass is 35.5. The van der Waals surface area contributed by atoms with Crippen LogP contribution in [-0.2, 0) is 4.79 Å². The number of nitrogens with zero attached hydrogens (tertiary/aromatic N) is 1. The fourth-order valence-electron chi connectivity index (χ4n) is 1.79. The minimum Gasteiger partial charge on any atom is -0.322 e. The maximum atomic E-state index is 11.9. The number of hydrogen-bond donors (Lipinski definition) is 2. The Morgan fingerprint density at radius 1 is 1.69 bits per heavy atom. The third-order valence-corrected chi connectivity index (χ3v) is 3.02. The highest BCUT2D eigenvalue weighted by Gasteiger charge is 2.23. The first kappa shape index (κ1) is 11.4. The normalized spacial score (nSPS) is 19.8. The molecule has 1 aromatic heterocycles. The van der Waals surface area contributed by atoms with E-state index in [0.717, 1.165) is 24.9 Å². The molecule has 1 saturated heterocycles. The molecule has 1 atom stereocenters. The molecule has 4 nitrogen and oxygen atoms in total. The lowest BCUT2D eigenvalue weighted by Crippen LogP contribution is -2.35. The predicted molar refractivity (Wildman–Crippen MR) is 63.6 cm³/mol. The number of amides is 1. The van der Waals surface area contributed by atoms with E-state index in [2.05, 4.69) is 15.6 Å². The molecule has 0 radical (unpaired) electrons. The van der Waals surface area contributed by atoms with Crippen molar-refractivity contribution in [3.63, 3.8) is 0 Å². The third kappa shape index (κ3) is 2.33. The van der Waals surface area contributed by atoms with Gasteiger partial charge in [0.2, 0.25) is 5.91 Å². The first-order chi connectivity index (χ1) is 7.68. The first-order valence-corrected chi connectivity index (χ1v) is 5.71. The monoisotopic (exact) mass is 239 g/mol. The van der Waals surface area contributed by atoms with Crippen molar-refractivity contribution in [3.05, 3.63) is 23.0 Å². The Morgan fingerprint density at radius 2 is 2.50 bits per heavy atom. The van der Waals surface area contributed by atoms with E-state index in [9.17, 15) is 4.79 Å². The standard InChI is InChI=1S/C11H14ClN3O/c1-7-4-6-14-10(12)9(7)15-11(16)8-3-2-5-13-8/h4,6,8,13H,2-3,5H2,1H3,(H,15,16). The van der Waals surface area contributed by atoms with Crippen molar-refractivity contribution < 1.29 is 4.79 Å². The molecule has 16 heavy (non-hydrogen) atoms. The maximum absolute atomic E-state index is 11.9. The quantitative estimate of drug-likeness (QED) is 0.773. The van der Waals surface area contributed by atoms with Crippen LogP contribution in [0.3, 0.4) is 0 Å². The minimum atomic E-state index is -0.101. The van der Waals surface area contributed by atoms with Gasteiger partial charge in [-0.3, -0.25) is 4.79 Å². The topological polar surface area (TPSA) is 54.0 Å². The largest absolute Gasteiger partial charge is 0.322 e. The molecule has 0 bridgehead atoms. The van der Waals surface area contributed by atoms with Gasteiger partial charge in [0.1, 0.15) is 0 Å². The van der Waals surface area contributed by atoms with Crippen molar-refractivity contribution in [1.29, 1.82) is 0 Å². The van der Waals surface area contributed by atoms with Gasteiger partial charge in [0.15, 0.2) is 5.15 Å². The summed E-state index contributed by atoms with van der Waals surface area (Å²) < 4.78 is 0. The zero-order valence-corrected chi connectivity index (χ0v) is 9.84. The first-order valence-electron chi connectivity index (χ1n) is 5.34. The molecule has 5 heteroatoms. The second-order valence-electron chi connectivity index (χ2n) is 3.93. The van der Waals surface area contributed by atoms with E-state index in [1.807, 2.05) is 13.0 Å². The minimum absolute atomic E-state index is 0.0319. The van der Waals surface area contributed by atoms with Crippen LogP contribution in [0.2, 0.25) is 5.15 Å². The van der Waals surface area contributed by atoms with Crippen molar-refractivity contribution in [2.24, 2.45) is 0 Å². The SMILES string of the molecule is Cc1ccnc(Cl)c1NC(=O)C1CCCN1. The summed E-state index contributed by atoms with van der Waals surface area (Å²) in [5.74, 6) is -0.0319. The van der Waals surface area contributed by atoms with Crippen molar-refractivity contribution in [3.8, 4) is 0 Å². The number of hydrogen-bond acceptors (Lipinski definition) is 3. The number of carbonyl (C=O) groups excluding carboxylic acids is 1. The third-order valence-electron chi connectivity index (χ3n) is 2.74. The molecular weight excluding hydrogens is 226 g/mol. The van der Waals surface area contributed by atoms with Crippen LogP contribution in [0.1, 0.15) is 18.4 Å². The van der Waals surface area contributed by atoms with Crippen molar-refractivity contribution in [1.82, 2.24) is 10.3 Å². The highest BCUT2D eigenvalue weighted by Crippen LogP contribution is 2.23. The van der Waals surface area contributed by atoms with E-state index in [1.165, 1.54) is 0 Å². The number of nitrogens with one attached hydrogen (secondary N) is 2. The van der Waals surface area contributed by atoms with Gasteiger partial charge in [-0.25, -0.2) is 4.98 Å². The number of halogens is 1. The Morgan fingerprint density at radius 3 is 3.12 bits per heavy atom. The van der Waals surface area contributed by atoms with E-state index >= 15 is 0 Å². The van der Waals surface area contributed by atoms with E-state index in [0.29, 0.717) is 10.8 Å². The van der Waals surface area contributed by atoms with Gasteiger partial charge in [-0.1, -0.05) is 11.6 Å². The van der Waals surface area contributed by atoms with Gasteiger partial charge in [0.05, 0.1) is 11.7 Å². The number of aromatic nitrogens is 1. The molecule has 1 amide bonds. The summed E-state index contributed by atoms with van der Waals surface area (Å²) in [7, 11) is 0. The molecule has 2 rings (SSSR count). The average Bonchev–Trinajstić information content (AvgIpc) is 2.76. The van der Waals surface area contributed by atoms with Gasteiger partial charge >= 0.3 is 0 Å². The van der Waals surface area contributed by atoms with Crippen LogP contribution >= 0.6 is 11.6 Å². The van der Waals surface area contributed by atoms with Gasteiger partial charge in [-0.05, 0) is 37.9 Å². The van der Waals surface area contributed by atoms with Crippen LogP contribution < -0.4 is 10.6 Å². The molecule has 1 aliphatic rings. The number of aryl methyl sites for hydroxylation is 1. The molecule has 1 fully saturated rings. The summed E-state index contributed by atoms with van der Waals surface area (Å²) in [6.07, 6.45) is 3.54. The lowest BCUT2D eigenvalue weighted by Gasteiger charge is -2.13. The van der Waals surface area contributed by atoms with Crippen molar-refractivity contribution in [2.75, 3.05) is 11.9 Å². The van der Waals surface area contributed by atoms with Crippen molar-refractivity contribution >= 4 is 23.2 Å². The van der Waals surface area contributed by atoms with Crippen LogP contribution in [0.15, 0.2) is 12.3 Å². The zero-order valence-electron chi connectivity index (χ0n) is 9.09. The molecule has 0 spiro atoms. The van der Waals surface area contributed by atoms with E-state index in [4.69, 9.17) is 11.6 Å². The number of pyridine rings is 1. The Bertz CT molecular complexity index is 382. The van der Waals surface area contributed by atoms with Crippen LogP contribution in [0.25, 0.3) is 0 Å². The molecule has 86 valence electrons. The molecule has 2 heterocycles. The molecular formula is C11H14ClN3O. The fraction of sp³-hybridized carbons (Fsp3) is 0.455. The zero-order chi connectivity index (χ0) is 11.5. The fourth-order valence-corrected chi connectivity index (χ4v) is 2.05. The molecule has 0 aromatic carbocycles. The summed E-state index contributed by atoms with van der Waals surface area (Å²) in [6, 6.07) is 1.72. The van der Waals surface area contributed by atoms with Crippen LogP contribution in [0.5, 0.6) is 0 Å². The van der Waals surface area contributed by atoms with Crippen LogP contribution in [0, 0.1) is 6.92 Å². The average molecular weight is 240 g/mol. The molecule has 2 N–H and O–H groups in total. The second kappa shape index (κ2) is 4.80. The Kier molecular flexibility index (Phi) is 3.41. The van der Waals surface area contributed by atoms with Crippen LogP contribution in [-0.4, -0.2) is 23.5 Å². The summed E-state index contributed by atoms with van der Waals surface area (Å²) in [4.78, 5) is 15.8. The summed E-state index contributed by atoms with van der Waals surface area (Å²) in [6.45, 7) is 2.79. The summed E-state index contributed by atoms with van der Waals surface area (Å²) in [5.41, 5.74) is 1.54. The highest BCUT2D eigenvalue weighted by molar-refractivity contribution is 6.32. The lowest BCUT2D eigenvalue weighted by atomic mass is 10.2. The van der Waals surface area contributed by atoms with Crippen molar-refractivity contribution in [2.45, 2.75) is 25.8 Å². The van der Waals surface area contributed by atoms with Gasteiger partial charge in [-0.15, -0.1) is 0 Å². The summed E-state index contributed by atoms with van der Waals surface area (Å²) >= 11 is 5.93. The van der Waals surface area contributed by atoms with E-state index < -0.39 is 0 Å². The molecule has 1 aromatic rings. The Labute approximate surface area is 99.4 Å². The maximum Gasteiger partial charge on any atom is 0.241 e. The molecule has 1 aliphatic heterocycles.